The number of hydrogen-bond donors (Lipinski definition) is 2. The van der Waals surface area contributed by atoms with Crippen molar-refractivity contribution < 1.29 is 9.72 Å². The number of carbonyl (C=O) groups is 1. The first-order chi connectivity index (χ1) is 8.85. The quantitative estimate of drug-likeness (QED) is 0.607. The highest BCUT2D eigenvalue weighted by molar-refractivity contribution is 5.83. The van der Waals surface area contributed by atoms with Crippen LogP contribution in [0.2, 0.25) is 0 Å². The van der Waals surface area contributed by atoms with Crippen LogP contribution in [0.25, 0.3) is 0 Å². The van der Waals surface area contributed by atoms with Gasteiger partial charge in [0.1, 0.15) is 17.7 Å². The van der Waals surface area contributed by atoms with Crippen LogP contribution in [0.4, 0.5) is 17.3 Å². The second kappa shape index (κ2) is 5.98. The first kappa shape index (κ1) is 14.7. The molecule has 1 unspecified atom stereocenters. The molecule has 19 heavy (non-hydrogen) atoms. The number of amides is 1. The summed E-state index contributed by atoms with van der Waals surface area (Å²) >= 11 is 0. The molecule has 1 aromatic heterocycles. The maximum atomic E-state index is 11.7. The fourth-order valence-corrected chi connectivity index (χ4v) is 1.49. The number of pyridine rings is 1. The zero-order chi connectivity index (χ0) is 14.6. The molecule has 1 rings (SSSR count). The number of hydrogen-bond acceptors (Lipinski definition) is 6. The molecule has 104 valence electrons. The maximum Gasteiger partial charge on any atom is 0.276 e. The van der Waals surface area contributed by atoms with Crippen LogP contribution in [0.3, 0.4) is 0 Å². The normalized spacial score (nSPS) is 11.6. The van der Waals surface area contributed by atoms with Gasteiger partial charge in [-0.2, -0.15) is 0 Å². The van der Waals surface area contributed by atoms with E-state index in [4.69, 9.17) is 0 Å². The minimum absolute atomic E-state index is 0.0913. The predicted molar refractivity (Wildman–Crippen MR) is 72.2 cm³/mol. The summed E-state index contributed by atoms with van der Waals surface area (Å²) in [5, 5.41) is 16.4. The van der Waals surface area contributed by atoms with E-state index in [2.05, 4.69) is 15.6 Å². The number of carbonyl (C=O) groups excluding carboxylic acids is 1. The molecular formula is C11H17N5O3. The molecule has 1 amide bonds. The smallest absolute Gasteiger partial charge is 0.276 e. The van der Waals surface area contributed by atoms with Crippen LogP contribution in [0, 0.1) is 10.1 Å². The first-order valence-electron chi connectivity index (χ1n) is 5.67. The van der Waals surface area contributed by atoms with Crippen LogP contribution in [-0.4, -0.2) is 47.9 Å². The lowest BCUT2D eigenvalue weighted by Crippen LogP contribution is -2.36. The van der Waals surface area contributed by atoms with E-state index in [9.17, 15) is 14.9 Å². The molecule has 1 aromatic rings. The van der Waals surface area contributed by atoms with E-state index in [1.807, 2.05) is 0 Å². The molecule has 0 aliphatic heterocycles. The number of nitrogens with one attached hydrogen (secondary N) is 2. The number of anilines is 2. The Labute approximate surface area is 111 Å². The SMILES string of the molecule is CNc1cc([N+](=O)[O-])cc(NC(C)C(=O)N(C)C)n1. The molecule has 0 aromatic carbocycles. The monoisotopic (exact) mass is 267 g/mol. The minimum Gasteiger partial charge on any atom is -0.373 e. The molecule has 0 bridgehead atoms. The van der Waals surface area contributed by atoms with Crippen molar-refractivity contribution in [2.75, 3.05) is 31.8 Å². The zero-order valence-electron chi connectivity index (χ0n) is 11.3. The fraction of sp³-hybridized carbons (Fsp3) is 0.455. The average molecular weight is 267 g/mol. The van der Waals surface area contributed by atoms with E-state index in [-0.39, 0.29) is 17.4 Å². The Morgan fingerprint density at radius 1 is 1.42 bits per heavy atom. The van der Waals surface area contributed by atoms with Gasteiger partial charge in [-0.3, -0.25) is 14.9 Å². The summed E-state index contributed by atoms with van der Waals surface area (Å²) in [5.74, 6) is 0.502. The van der Waals surface area contributed by atoms with Gasteiger partial charge in [-0.05, 0) is 6.92 Å². The van der Waals surface area contributed by atoms with E-state index in [0.717, 1.165) is 0 Å². The lowest BCUT2D eigenvalue weighted by atomic mass is 10.3. The molecule has 1 atom stereocenters. The van der Waals surface area contributed by atoms with Crippen molar-refractivity contribution in [2.45, 2.75) is 13.0 Å². The Kier molecular flexibility index (Phi) is 4.62. The van der Waals surface area contributed by atoms with Crippen LogP contribution >= 0.6 is 0 Å². The van der Waals surface area contributed by atoms with Crippen LogP contribution < -0.4 is 10.6 Å². The molecule has 0 spiro atoms. The van der Waals surface area contributed by atoms with Crippen molar-refractivity contribution in [1.82, 2.24) is 9.88 Å². The maximum absolute atomic E-state index is 11.7. The lowest BCUT2D eigenvalue weighted by molar-refractivity contribution is -0.384. The Hall–Kier alpha value is -2.38. The summed E-state index contributed by atoms with van der Waals surface area (Å²) in [6, 6.07) is 2.10. The second-order valence-electron chi connectivity index (χ2n) is 4.20. The van der Waals surface area contributed by atoms with Gasteiger partial charge in [-0.15, -0.1) is 0 Å². The van der Waals surface area contributed by atoms with Gasteiger partial charge >= 0.3 is 0 Å². The molecule has 1 heterocycles. The summed E-state index contributed by atoms with van der Waals surface area (Å²) in [4.78, 5) is 27.6. The van der Waals surface area contributed by atoms with E-state index >= 15 is 0 Å². The van der Waals surface area contributed by atoms with Crippen LogP contribution in [0.15, 0.2) is 12.1 Å². The number of nitrogens with zero attached hydrogens (tertiary/aromatic N) is 3. The van der Waals surface area contributed by atoms with E-state index in [0.29, 0.717) is 5.82 Å². The Morgan fingerprint density at radius 3 is 2.47 bits per heavy atom. The van der Waals surface area contributed by atoms with Crippen LogP contribution in [0.5, 0.6) is 0 Å². The Morgan fingerprint density at radius 2 is 2.00 bits per heavy atom. The van der Waals surface area contributed by atoms with Crippen molar-refractivity contribution in [1.29, 1.82) is 0 Å². The van der Waals surface area contributed by atoms with Crippen molar-refractivity contribution in [3.05, 3.63) is 22.2 Å². The molecule has 8 heteroatoms. The predicted octanol–water partition coefficient (Wildman–Crippen LogP) is 0.920. The highest BCUT2D eigenvalue weighted by Gasteiger charge is 2.17. The van der Waals surface area contributed by atoms with Crippen molar-refractivity contribution in [3.63, 3.8) is 0 Å². The van der Waals surface area contributed by atoms with Gasteiger partial charge in [0.15, 0.2) is 0 Å². The third-order valence-electron chi connectivity index (χ3n) is 2.45. The second-order valence-corrected chi connectivity index (χ2v) is 4.20. The Bertz CT molecular complexity index is 489. The van der Waals surface area contributed by atoms with Gasteiger partial charge in [0.25, 0.3) is 5.69 Å². The highest BCUT2D eigenvalue weighted by atomic mass is 16.6. The fourth-order valence-electron chi connectivity index (χ4n) is 1.49. The van der Waals surface area contributed by atoms with Gasteiger partial charge in [0.2, 0.25) is 5.91 Å². The van der Waals surface area contributed by atoms with Crippen molar-refractivity contribution in [3.8, 4) is 0 Å². The van der Waals surface area contributed by atoms with E-state index < -0.39 is 11.0 Å². The summed E-state index contributed by atoms with van der Waals surface area (Å²) in [6.07, 6.45) is 0. The van der Waals surface area contributed by atoms with Crippen LogP contribution in [0.1, 0.15) is 6.92 Å². The minimum atomic E-state index is -0.519. The summed E-state index contributed by atoms with van der Waals surface area (Å²) in [7, 11) is 4.89. The topological polar surface area (TPSA) is 100 Å². The van der Waals surface area contributed by atoms with Gasteiger partial charge in [0, 0.05) is 21.1 Å². The number of rotatable bonds is 5. The number of likely N-dealkylation sites (N-methyl/N-ethyl adjacent to an activating group) is 1. The molecule has 0 aliphatic rings. The Balaban J connectivity index is 2.97. The summed E-state index contributed by atoms with van der Waals surface area (Å²) in [6.45, 7) is 1.67. The van der Waals surface area contributed by atoms with Gasteiger partial charge in [-0.25, -0.2) is 4.98 Å². The molecule has 2 N–H and O–H groups in total. The summed E-state index contributed by atoms with van der Waals surface area (Å²) < 4.78 is 0. The first-order valence-corrected chi connectivity index (χ1v) is 5.67. The van der Waals surface area contributed by atoms with Gasteiger partial charge in [-0.1, -0.05) is 0 Å². The van der Waals surface area contributed by atoms with E-state index in [1.165, 1.54) is 17.0 Å². The molecule has 8 nitrogen and oxygen atoms in total. The third-order valence-corrected chi connectivity index (χ3v) is 2.45. The largest absolute Gasteiger partial charge is 0.373 e. The molecular weight excluding hydrogens is 250 g/mol. The molecule has 0 saturated carbocycles. The van der Waals surface area contributed by atoms with Crippen LogP contribution in [-0.2, 0) is 4.79 Å². The van der Waals surface area contributed by atoms with Gasteiger partial charge < -0.3 is 15.5 Å². The number of nitro groups is 1. The molecule has 0 saturated heterocycles. The molecule has 0 fully saturated rings. The zero-order valence-corrected chi connectivity index (χ0v) is 11.3. The number of aromatic nitrogens is 1. The lowest BCUT2D eigenvalue weighted by Gasteiger charge is -2.18. The van der Waals surface area contributed by atoms with E-state index in [1.54, 1.807) is 28.1 Å². The summed E-state index contributed by atoms with van der Waals surface area (Å²) in [5.41, 5.74) is -0.0913. The van der Waals surface area contributed by atoms with Crippen molar-refractivity contribution >= 4 is 23.2 Å². The van der Waals surface area contributed by atoms with Gasteiger partial charge in [0.05, 0.1) is 17.1 Å². The highest BCUT2D eigenvalue weighted by Crippen LogP contribution is 2.20. The molecule has 0 aliphatic carbocycles. The average Bonchev–Trinajstić information content (AvgIpc) is 2.36. The van der Waals surface area contributed by atoms with Crippen molar-refractivity contribution in [2.24, 2.45) is 0 Å². The third kappa shape index (κ3) is 3.80. The molecule has 0 radical (unpaired) electrons. The standard InChI is InChI=1S/C11H17N5O3/c1-7(11(17)15(3)4)13-10-6-8(16(18)19)5-9(12-2)14-10/h5-7H,1-4H3,(H2,12,13,14).